The van der Waals surface area contributed by atoms with Crippen LogP contribution in [0, 0.1) is 0 Å². The third kappa shape index (κ3) is 8.08. The summed E-state index contributed by atoms with van der Waals surface area (Å²) in [6.07, 6.45) is 13.5. The van der Waals surface area contributed by atoms with Crippen molar-refractivity contribution in [3.8, 4) is 0 Å². The van der Waals surface area contributed by atoms with Gasteiger partial charge in [0, 0.05) is 23.5 Å². The molecule has 4 heteroatoms. The van der Waals surface area contributed by atoms with Crippen molar-refractivity contribution in [1.29, 1.82) is 0 Å². The Labute approximate surface area is 155 Å². The number of carbonyl (C=O) groups excluding carboxylic acids is 1. The van der Waals surface area contributed by atoms with Gasteiger partial charge in [-0.3, -0.25) is 4.79 Å². The van der Waals surface area contributed by atoms with Crippen molar-refractivity contribution in [2.45, 2.75) is 129 Å². The van der Waals surface area contributed by atoms with Gasteiger partial charge >= 0.3 is 0 Å². The van der Waals surface area contributed by atoms with Crippen molar-refractivity contribution in [2.75, 3.05) is 0 Å². The number of hydroxylamine groups is 2. The fourth-order valence-electron chi connectivity index (χ4n) is 4.26. The quantitative estimate of drug-likeness (QED) is 0.506. The third-order valence-corrected chi connectivity index (χ3v) is 5.46. The zero-order valence-corrected chi connectivity index (χ0v) is 17.3. The number of rotatable bonds is 11. The molecule has 147 valence electrons. The Hall–Kier alpha value is -0.610. The molecule has 0 saturated carbocycles. The van der Waals surface area contributed by atoms with Gasteiger partial charge in [-0.1, -0.05) is 58.3 Å². The molecule has 0 aromatic rings. The van der Waals surface area contributed by atoms with Crippen molar-refractivity contribution >= 4 is 5.91 Å². The molecule has 1 radical (unpaired) electrons. The second kappa shape index (κ2) is 10.5. The van der Waals surface area contributed by atoms with Crippen LogP contribution in [-0.2, 0) is 10.0 Å². The van der Waals surface area contributed by atoms with Gasteiger partial charge in [-0.15, -0.1) is 10.3 Å². The molecule has 0 aromatic carbocycles. The highest BCUT2D eigenvalue weighted by Gasteiger charge is 2.46. The third-order valence-electron chi connectivity index (χ3n) is 5.46. The first kappa shape index (κ1) is 22.4. The lowest BCUT2D eigenvalue weighted by atomic mass is 9.79. The fourth-order valence-corrected chi connectivity index (χ4v) is 4.26. The number of unbranched alkanes of at least 4 members (excludes halogenated alkanes) is 8. The molecule has 4 nitrogen and oxygen atoms in total. The summed E-state index contributed by atoms with van der Waals surface area (Å²) in [5, 5.41) is 16.7. The van der Waals surface area contributed by atoms with E-state index >= 15 is 0 Å². The summed E-state index contributed by atoms with van der Waals surface area (Å²) in [7, 11) is 0. The highest BCUT2D eigenvalue weighted by Crippen LogP contribution is 2.37. The topological polar surface area (TPSA) is 52.2 Å². The molecule has 1 amide bonds. The molecule has 1 heterocycles. The van der Waals surface area contributed by atoms with Gasteiger partial charge in [0.1, 0.15) is 0 Å². The minimum Gasteiger partial charge on any atom is -0.353 e. The number of amides is 1. The predicted octanol–water partition coefficient (Wildman–Crippen LogP) is 5.39. The Kier molecular flexibility index (Phi) is 9.44. The molecule has 0 atom stereocenters. The SMILES string of the molecule is CCCCCCCCCCCC(=O)NC1CC(C)(C)N([O])C(C)(C)C1. The summed E-state index contributed by atoms with van der Waals surface area (Å²) in [6.45, 7) is 10.1. The summed E-state index contributed by atoms with van der Waals surface area (Å²) in [4.78, 5) is 12.2. The minimum atomic E-state index is -0.419. The molecule has 0 aromatic heterocycles. The number of nitrogens with zero attached hydrogens (tertiary/aromatic N) is 1. The van der Waals surface area contributed by atoms with E-state index < -0.39 is 11.1 Å². The second-order valence-electron chi connectivity index (χ2n) is 9.17. The van der Waals surface area contributed by atoms with E-state index in [0.717, 1.165) is 25.7 Å². The number of piperidine rings is 1. The van der Waals surface area contributed by atoms with Crippen LogP contribution >= 0.6 is 0 Å². The maximum atomic E-state index is 12.4. The van der Waals surface area contributed by atoms with E-state index in [9.17, 15) is 10.0 Å². The van der Waals surface area contributed by atoms with Gasteiger partial charge in [0.15, 0.2) is 0 Å². The molecule has 1 rings (SSSR count). The molecule has 0 aliphatic carbocycles. The van der Waals surface area contributed by atoms with Gasteiger partial charge in [-0.25, -0.2) is 0 Å². The molecule has 0 unspecified atom stereocenters. The summed E-state index contributed by atoms with van der Waals surface area (Å²) < 4.78 is 0. The van der Waals surface area contributed by atoms with Gasteiger partial charge in [0.05, 0.1) is 0 Å². The molecule has 0 spiro atoms. The number of nitrogens with one attached hydrogen (secondary N) is 1. The Morgan fingerprint density at radius 3 is 1.80 bits per heavy atom. The summed E-state index contributed by atoms with van der Waals surface area (Å²) in [6, 6.07) is 0.112. The van der Waals surface area contributed by atoms with Crippen molar-refractivity contribution in [3.05, 3.63) is 0 Å². The molecule has 1 N–H and O–H groups in total. The first-order chi connectivity index (χ1) is 11.7. The van der Waals surface area contributed by atoms with Crippen LogP contribution in [0.1, 0.15) is 112 Å². The van der Waals surface area contributed by atoms with Crippen LogP contribution in [-0.4, -0.2) is 28.1 Å². The van der Waals surface area contributed by atoms with Crippen molar-refractivity contribution in [2.24, 2.45) is 0 Å². The van der Waals surface area contributed by atoms with E-state index in [1.165, 1.54) is 50.0 Å². The van der Waals surface area contributed by atoms with E-state index in [1.54, 1.807) is 0 Å². The standard InChI is InChI=1S/C21H41N2O2/c1-6-7-8-9-10-11-12-13-14-15-19(24)22-18-16-20(2,3)23(25)21(4,5)17-18/h18H,6-17H2,1-5H3,(H,22,24). The van der Waals surface area contributed by atoms with Crippen LogP contribution < -0.4 is 5.32 Å². The Morgan fingerprint density at radius 2 is 1.32 bits per heavy atom. The van der Waals surface area contributed by atoms with E-state index in [1.807, 2.05) is 27.7 Å². The molecule has 25 heavy (non-hydrogen) atoms. The number of hydrogen-bond donors (Lipinski definition) is 1. The van der Waals surface area contributed by atoms with Gasteiger partial charge in [-0.05, 0) is 47.0 Å². The second-order valence-corrected chi connectivity index (χ2v) is 9.17. The molecular weight excluding hydrogens is 312 g/mol. The zero-order chi connectivity index (χ0) is 18.9. The fraction of sp³-hybridized carbons (Fsp3) is 0.952. The number of hydrogen-bond acceptors (Lipinski definition) is 2. The highest BCUT2D eigenvalue weighted by atomic mass is 16.5. The zero-order valence-electron chi connectivity index (χ0n) is 17.3. The monoisotopic (exact) mass is 353 g/mol. The molecule has 1 aliphatic rings. The Balaban J connectivity index is 2.16. The smallest absolute Gasteiger partial charge is 0.220 e. The van der Waals surface area contributed by atoms with Crippen LogP contribution in [0.2, 0.25) is 0 Å². The lowest BCUT2D eigenvalue weighted by molar-refractivity contribution is -0.290. The van der Waals surface area contributed by atoms with Crippen LogP contribution in [0.5, 0.6) is 0 Å². The Bertz CT molecular complexity index is 375. The van der Waals surface area contributed by atoms with Gasteiger partial charge < -0.3 is 5.32 Å². The lowest BCUT2D eigenvalue weighted by Gasteiger charge is -2.50. The van der Waals surface area contributed by atoms with Crippen LogP contribution in [0.4, 0.5) is 0 Å². The van der Waals surface area contributed by atoms with Gasteiger partial charge in [-0.2, -0.15) is 0 Å². The molecule has 1 fully saturated rings. The summed E-state index contributed by atoms with van der Waals surface area (Å²) >= 11 is 0. The normalized spacial score (nSPS) is 20.6. The van der Waals surface area contributed by atoms with Crippen molar-refractivity contribution < 1.29 is 10.0 Å². The first-order valence-electron chi connectivity index (χ1n) is 10.5. The van der Waals surface area contributed by atoms with E-state index in [2.05, 4.69) is 12.2 Å². The molecule has 1 aliphatic heterocycles. The van der Waals surface area contributed by atoms with Gasteiger partial charge in [0.2, 0.25) is 5.91 Å². The Morgan fingerprint density at radius 1 is 0.880 bits per heavy atom. The van der Waals surface area contributed by atoms with E-state index in [0.29, 0.717) is 6.42 Å². The minimum absolute atomic E-state index is 0.112. The van der Waals surface area contributed by atoms with E-state index in [4.69, 9.17) is 0 Å². The molecule has 1 saturated heterocycles. The van der Waals surface area contributed by atoms with Crippen LogP contribution in [0.15, 0.2) is 0 Å². The maximum absolute atomic E-state index is 12.4. The molecular formula is C21H41N2O2. The average Bonchev–Trinajstić information content (AvgIpc) is 2.50. The van der Waals surface area contributed by atoms with Crippen molar-refractivity contribution in [3.63, 3.8) is 0 Å². The molecule has 0 bridgehead atoms. The first-order valence-corrected chi connectivity index (χ1v) is 10.5. The maximum Gasteiger partial charge on any atom is 0.220 e. The summed E-state index contributed by atoms with van der Waals surface area (Å²) in [5.74, 6) is 0.152. The van der Waals surface area contributed by atoms with E-state index in [-0.39, 0.29) is 11.9 Å². The predicted molar refractivity (Wildman–Crippen MR) is 104 cm³/mol. The average molecular weight is 354 g/mol. The van der Waals surface area contributed by atoms with Gasteiger partial charge in [0.25, 0.3) is 0 Å². The largest absolute Gasteiger partial charge is 0.353 e. The van der Waals surface area contributed by atoms with Crippen LogP contribution in [0.3, 0.4) is 0 Å². The van der Waals surface area contributed by atoms with Crippen molar-refractivity contribution in [1.82, 2.24) is 10.4 Å². The lowest BCUT2D eigenvalue weighted by Crippen LogP contribution is -2.62. The summed E-state index contributed by atoms with van der Waals surface area (Å²) in [5.41, 5.74) is -0.838. The highest BCUT2D eigenvalue weighted by molar-refractivity contribution is 5.76. The van der Waals surface area contributed by atoms with Crippen LogP contribution in [0.25, 0.3) is 0 Å². The number of carbonyl (C=O) groups is 1.